The van der Waals surface area contributed by atoms with Crippen molar-refractivity contribution in [2.75, 3.05) is 66.5 Å². The average Bonchev–Trinajstić information content (AvgIpc) is 2.29. The predicted molar refractivity (Wildman–Crippen MR) is 67.8 cm³/mol. The van der Waals surface area contributed by atoms with E-state index in [9.17, 15) is 0 Å². The number of piperazine rings is 1. The Kier molecular flexibility index (Phi) is 6.96. The van der Waals surface area contributed by atoms with E-state index in [0.717, 1.165) is 19.5 Å². The number of hydrogen-bond donors (Lipinski definition) is 1. The summed E-state index contributed by atoms with van der Waals surface area (Å²) in [6, 6.07) is 0. The predicted octanol–water partition coefficient (Wildman–Crippen LogP) is -0.0619. The van der Waals surface area contributed by atoms with Crippen molar-refractivity contribution in [1.82, 2.24) is 14.7 Å². The van der Waals surface area contributed by atoms with Gasteiger partial charge >= 0.3 is 0 Å². The van der Waals surface area contributed by atoms with E-state index in [4.69, 9.17) is 5.11 Å². The quantitative estimate of drug-likeness (QED) is 0.662. The zero-order chi connectivity index (χ0) is 11.8. The highest BCUT2D eigenvalue weighted by Gasteiger charge is 2.12. The molecule has 1 fully saturated rings. The summed E-state index contributed by atoms with van der Waals surface area (Å²) in [6.45, 7) is 8.54. The fourth-order valence-corrected chi connectivity index (χ4v) is 2.09. The minimum atomic E-state index is 0.308. The number of hydrogen-bond acceptors (Lipinski definition) is 4. The highest BCUT2D eigenvalue weighted by atomic mass is 16.3. The van der Waals surface area contributed by atoms with E-state index in [1.807, 2.05) is 0 Å². The second-order valence-corrected chi connectivity index (χ2v) is 4.88. The molecule has 1 aliphatic heterocycles. The van der Waals surface area contributed by atoms with Crippen molar-refractivity contribution in [2.24, 2.45) is 0 Å². The lowest BCUT2D eigenvalue weighted by atomic mass is 10.3. The Hall–Kier alpha value is -0.160. The van der Waals surface area contributed by atoms with Gasteiger partial charge in [-0.15, -0.1) is 0 Å². The van der Waals surface area contributed by atoms with Crippen LogP contribution in [-0.4, -0.2) is 86.3 Å². The summed E-state index contributed by atoms with van der Waals surface area (Å²) in [6.07, 6.45) is 2.14. The molecule has 4 heteroatoms. The van der Waals surface area contributed by atoms with Gasteiger partial charge in [-0.1, -0.05) is 0 Å². The zero-order valence-electron chi connectivity index (χ0n) is 10.9. The topological polar surface area (TPSA) is 30.0 Å². The summed E-state index contributed by atoms with van der Waals surface area (Å²) < 4.78 is 0. The average molecular weight is 229 g/mol. The van der Waals surface area contributed by atoms with Gasteiger partial charge < -0.3 is 19.8 Å². The summed E-state index contributed by atoms with van der Waals surface area (Å²) in [5, 5.41) is 8.73. The van der Waals surface area contributed by atoms with E-state index < -0.39 is 0 Å². The smallest absolute Gasteiger partial charge is 0.0443 e. The van der Waals surface area contributed by atoms with Crippen LogP contribution in [0.25, 0.3) is 0 Å². The first-order valence-electron chi connectivity index (χ1n) is 6.42. The van der Waals surface area contributed by atoms with Crippen LogP contribution in [0.1, 0.15) is 12.8 Å². The summed E-state index contributed by atoms with van der Waals surface area (Å²) in [5.41, 5.74) is 0. The lowest BCUT2D eigenvalue weighted by Crippen LogP contribution is -2.45. The molecule has 0 aromatic carbocycles. The maximum absolute atomic E-state index is 8.73. The van der Waals surface area contributed by atoms with Crippen LogP contribution in [0.4, 0.5) is 0 Å². The van der Waals surface area contributed by atoms with Gasteiger partial charge in [0.05, 0.1) is 0 Å². The number of nitrogens with zero attached hydrogens (tertiary/aromatic N) is 3. The first-order valence-corrected chi connectivity index (χ1v) is 6.42. The molecule has 0 amide bonds. The summed E-state index contributed by atoms with van der Waals surface area (Å²) >= 11 is 0. The molecule has 4 nitrogen and oxygen atoms in total. The molecule has 16 heavy (non-hydrogen) atoms. The van der Waals surface area contributed by atoms with Crippen LogP contribution in [0.2, 0.25) is 0 Å². The van der Waals surface area contributed by atoms with E-state index in [1.54, 1.807) is 0 Å². The Morgan fingerprint density at radius 3 is 2.31 bits per heavy atom. The summed E-state index contributed by atoms with van der Waals surface area (Å²) in [5.74, 6) is 0. The molecule has 0 atom stereocenters. The first kappa shape index (κ1) is 13.9. The maximum atomic E-state index is 8.73. The van der Waals surface area contributed by atoms with E-state index >= 15 is 0 Å². The van der Waals surface area contributed by atoms with Crippen LogP contribution in [0.5, 0.6) is 0 Å². The third-order valence-electron chi connectivity index (χ3n) is 3.31. The molecular formula is C12H27N3O. The highest BCUT2D eigenvalue weighted by molar-refractivity contribution is 4.69. The van der Waals surface area contributed by atoms with Crippen LogP contribution in [0, 0.1) is 0 Å². The van der Waals surface area contributed by atoms with Crippen LogP contribution >= 0.6 is 0 Å². The van der Waals surface area contributed by atoms with Gasteiger partial charge in [-0.3, -0.25) is 0 Å². The zero-order valence-corrected chi connectivity index (χ0v) is 10.9. The summed E-state index contributed by atoms with van der Waals surface area (Å²) in [7, 11) is 4.33. The normalized spacial score (nSPS) is 19.5. The van der Waals surface area contributed by atoms with Gasteiger partial charge in [0.1, 0.15) is 0 Å². The molecule has 0 spiro atoms. The second-order valence-electron chi connectivity index (χ2n) is 4.88. The molecule has 0 aromatic rings. The third-order valence-corrected chi connectivity index (χ3v) is 3.31. The molecule has 0 aromatic heterocycles. The minimum Gasteiger partial charge on any atom is -0.396 e. The lowest BCUT2D eigenvalue weighted by Gasteiger charge is -2.32. The Balaban J connectivity index is 1.98. The Bertz CT molecular complexity index is 170. The minimum absolute atomic E-state index is 0.308. The number of aliphatic hydroxyl groups is 1. The molecule has 0 aliphatic carbocycles. The molecule has 0 unspecified atom stereocenters. The highest BCUT2D eigenvalue weighted by Crippen LogP contribution is 2.00. The molecule has 1 heterocycles. The molecule has 1 N–H and O–H groups in total. The van der Waals surface area contributed by atoms with Crippen molar-refractivity contribution in [1.29, 1.82) is 0 Å². The fraction of sp³-hybridized carbons (Fsp3) is 1.00. The van der Waals surface area contributed by atoms with Crippen LogP contribution in [-0.2, 0) is 0 Å². The van der Waals surface area contributed by atoms with Crippen LogP contribution < -0.4 is 0 Å². The molecule has 0 radical (unpaired) electrons. The summed E-state index contributed by atoms with van der Waals surface area (Å²) in [4.78, 5) is 7.26. The molecule has 1 aliphatic rings. The van der Waals surface area contributed by atoms with Gasteiger partial charge in [0.15, 0.2) is 0 Å². The Morgan fingerprint density at radius 2 is 1.69 bits per heavy atom. The van der Waals surface area contributed by atoms with E-state index in [0.29, 0.717) is 6.61 Å². The Labute approximate surface area is 99.8 Å². The van der Waals surface area contributed by atoms with Gasteiger partial charge in [0.2, 0.25) is 0 Å². The SMILES string of the molecule is CN(CCCO)CCCN1CCN(C)CC1. The number of likely N-dealkylation sites (N-methyl/N-ethyl adjacent to an activating group) is 1. The monoisotopic (exact) mass is 229 g/mol. The van der Waals surface area contributed by atoms with Gasteiger partial charge in [-0.25, -0.2) is 0 Å². The van der Waals surface area contributed by atoms with Crippen molar-refractivity contribution in [3.8, 4) is 0 Å². The second kappa shape index (κ2) is 8.01. The van der Waals surface area contributed by atoms with Crippen LogP contribution in [0.15, 0.2) is 0 Å². The van der Waals surface area contributed by atoms with Crippen molar-refractivity contribution in [2.45, 2.75) is 12.8 Å². The van der Waals surface area contributed by atoms with Gasteiger partial charge in [-0.2, -0.15) is 0 Å². The first-order chi connectivity index (χ1) is 7.72. The van der Waals surface area contributed by atoms with Crippen molar-refractivity contribution in [3.63, 3.8) is 0 Å². The van der Waals surface area contributed by atoms with Crippen molar-refractivity contribution < 1.29 is 5.11 Å². The third kappa shape index (κ3) is 5.80. The van der Waals surface area contributed by atoms with Gasteiger partial charge in [0.25, 0.3) is 0 Å². The molecular weight excluding hydrogens is 202 g/mol. The molecule has 96 valence electrons. The molecule has 1 saturated heterocycles. The van der Waals surface area contributed by atoms with Crippen LogP contribution in [0.3, 0.4) is 0 Å². The largest absolute Gasteiger partial charge is 0.396 e. The fourth-order valence-electron chi connectivity index (χ4n) is 2.09. The molecule has 1 rings (SSSR count). The van der Waals surface area contributed by atoms with E-state index in [2.05, 4.69) is 28.8 Å². The standard InChI is InChI=1S/C12H27N3O/c1-13(6-4-12-16)5-3-7-15-10-8-14(2)9-11-15/h16H,3-12H2,1-2H3. The molecule has 0 saturated carbocycles. The van der Waals surface area contributed by atoms with Crippen molar-refractivity contribution in [3.05, 3.63) is 0 Å². The van der Waals surface area contributed by atoms with E-state index in [-0.39, 0.29) is 0 Å². The van der Waals surface area contributed by atoms with Crippen molar-refractivity contribution >= 4 is 0 Å². The van der Waals surface area contributed by atoms with Gasteiger partial charge in [-0.05, 0) is 40.0 Å². The lowest BCUT2D eigenvalue weighted by molar-refractivity contribution is 0.147. The number of rotatable bonds is 7. The molecule has 0 bridgehead atoms. The Morgan fingerprint density at radius 1 is 1.06 bits per heavy atom. The van der Waals surface area contributed by atoms with Gasteiger partial charge in [0, 0.05) is 39.3 Å². The number of aliphatic hydroxyl groups excluding tert-OH is 1. The van der Waals surface area contributed by atoms with E-state index in [1.165, 1.54) is 39.1 Å². The maximum Gasteiger partial charge on any atom is 0.0443 e.